The van der Waals surface area contributed by atoms with Gasteiger partial charge in [-0.3, -0.25) is 9.69 Å². The minimum atomic E-state index is -0.887. The van der Waals surface area contributed by atoms with Gasteiger partial charge in [0.15, 0.2) is 5.83 Å². The third-order valence-corrected chi connectivity index (χ3v) is 7.16. The molecule has 42 heavy (non-hydrogen) atoms. The topological polar surface area (TPSA) is 97.8 Å². The van der Waals surface area contributed by atoms with Crippen LogP contribution >= 0.6 is 11.6 Å². The highest BCUT2D eigenvalue weighted by atomic mass is 35.5. The highest BCUT2D eigenvalue weighted by Crippen LogP contribution is 2.41. The Morgan fingerprint density at radius 3 is 2.57 bits per heavy atom. The normalized spacial score (nSPS) is 15.5. The largest absolute Gasteiger partial charge is 0.494 e. The number of nitrogens with zero attached hydrogens (tertiary/aromatic N) is 3. The first-order valence-corrected chi connectivity index (χ1v) is 13.4. The zero-order valence-electron chi connectivity index (χ0n) is 23.1. The number of hydrogen-bond donors (Lipinski definition) is 2. The minimum absolute atomic E-state index is 0.133. The molecule has 0 bridgehead atoms. The van der Waals surface area contributed by atoms with Crippen LogP contribution in [-0.2, 0) is 4.79 Å². The summed E-state index contributed by atoms with van der Waals surface area (Å²) in [6.45, 7) is 0.850. The summed E-state index contributed by atoms with van der Waals surface area (Å²) in [6.07, 6.45) is 4.43. The summed E-state index contributed by atoms with van der Waals surface area (Å²) in [5.41, 5.74) is 1.19. The predicted molar refractivity (Wildman–Crippen MR) is 157 cm³/mol. The van der Waals surface area contributed by atoms with Crippen molar-refractivity contribution < 1.29 is 27.8 Å². The van der Waals surface area contributed by atoms with Gasteiger partial charge in [0.2, 0.25) is 0 Å². The lowest BCUT2D eigenvalue weighted by Gasteiger charge is -2.17. The van der Waals surface area contributed by atoms with Crippen LogP contribution in [0.3, 0.4) is 0 Å². The third kappa shape index (κ3) is 6.37. The lowest BCUT2D eigenvalue weighted by molar-refractivity contribution is -0.114. The summed E-state index contributed by atoms with van der Waals surface area (Å²) in [6, 6.07) is 11.9. The van der Waals surface area contributed by atoms with Gasteiger partial charge in [-0.1, -0.05) is 17.7 Å². The van der Waals surface area contributed by atoms with Crippen LogP contribution in [0.2, 0.25) is 5.02 Å². The number of aromatic nitrogens is 2. The molecule has 0 spiro atoms. The van der Waals surface area contributed by atoms with E-state index in [0.29, 0.717) is 33.9 Å². The number of likely N-dealkylation sites (N-methyl/N-ethyl adjacent to an activating group) is 1. The van der Waals surface area contributed by atoms with Gasteiger partial charge in [0.05, 0.1) is 36.1 Å². The molecule has 2 N–H and O–H groups in total. The fourth-order valence-electron chi connectivity index (χ4n) is 4.69. The molecule has 1 aromatic heterocycles. The molecule has 1 amide bonds. The second kappa shape index (κ2) is 12.6. The van der Waals surface area contributed by atoms with Gasteiger partial charge in [0.1, 0.15) is 41.0 Å². The van der Waals surface area contributed by atoms with E-state index in [-0.39, 0.29) is 28.3 Å². The van der Waals surface area contributed by atoms with Crippen molar-refractivity contribution in [2.45, 2.75) is 18.9 Å². The first kappa shape index (κ1) is 29.0. The summed E-state index contributed by atoms with van der Waals surface area (Å²) in [5, 5.41) is 6.52. The van der Waals surface area contributed by atoms with Crippen LogP contribution in [0.25, 0.3) is 10.9 Å². The maximum Gasteiger partial charge on any atom is 0.284 e. The van der Waals surface area contributed by atoms with Crippen LogP contribution in [0.15, 0.2) is 66.8 Å². The molecule has 12 heteroatoms. The van der Waals surface area contributed by atoms with Crippen LogP contribution in [-0.4, -0.2) is 54.6 Å². The lowest BCUT2D eigenvalue weighted by atomic mass is 10.1. The number of nitrogens with one attached hydrogen (secondary N) is 2. The van der Waals surface area contributed by atoms with Gasteiger partial charge >= 0.3 is 0 Å². The van der Waals surface area contributed by atoms with E-state index in [9.17, 15) is 13.6 Å². The molecule has 5 rings (SSSR count). The van der Waals surface area contributed by atoms with Crippen molar-refractivity contribution in [1.82, 2.24) is 14.9 Å². The molecule has 2 heterocycles. The molecular weight excluding hydrogens is 568 g/mol. The van der Waals surface area contributed by atoms with Crippen molar-refractivity contribution in [2.75, 3.05) is 38.4 Å². The number of anilines is 3. The van der Waals surface area contributed by atoms with Crippen molar-refractivity contribution >= 4 is 45.6 Å². The van der Waals surface area contributed by atoms with E-state index in [4.69, 9.17) is 25.8 Å². The monoisotopic (exact) mass is 595 g/mol. The molecule has 0 radical (unpaired) electrons. The van der Waals surface area contributed by atoms with Crippen LogP contribution < -0.4 is 24.8 Å². The maximum atomic E-state index is 14.8. The van der Waals surface area contributed by atoms with Gasteiger partial charge in [-0.15, -0.1) is 0 Å². The Bertz CT molecular complexity index is 1670. The second-order valence-corrected chi connectivity index (χ2v) is 10.0. The summed E-state index contributed by atoms with van der Waals surface area (Å²) < 4.78 is 45.2. The van der Waals surface area contributed by atoms with Gasteiger partial charge in [-0.05, 0) is 56.8 Å². The highest BCUT2D eigenvalue weighted by Gasteiger charge is 2.22. The van der Waals surface area contributed by atoms with Crippen molar-refractivity contribution in [3.63, 3.8) is 0 Å². The molecule has 1 aliphatic heterocycles. The van der Waals surface area contributed by atoms with Gasteiger partial charge in [-0.2, -0.15) is 0 Å². The molecule has 218 valence electrons. The Labute approximate surface area is 246 Å². The Hall–Kier alpha value is -4.48. The van der Waals surface area contributed by atoms with E-state index in [1.165, 1.54) is 44.8 Å². The zero-order valence-corrected chi connectivity index (χ0v) is 23.8. The minimum Gasteiger partial charge on any atom is -0.494 e. The lowest BCUT2D eigenvalue weighted by Crippen LogP contribution is -2.24. The summed E-state index contributed by atoms with van der Waals surface area (Å²) >= 11 is 6.50. The number of likely N-dealkylation sites (tertiary alicyclic amines) is 1. The Kier molecular flexibility index (Phi) is 8.69. The van der Waals surface area contributed by atoms with Crippen LogP contribution in [0.5, 0.6) is 23.0 Å². The van der Waals surface area contributed by atoms with E-state index < -0.39 is 17.6 Å². The van der Waals surface area contributed by atoms with Gasteiger partial charge < -0.3 is 24.8 Å². The summed E-state index contributed by atoms with van der Waals surface area (Å²) in [5.74, 6) is -0.668. The number of carbonyl (C=O) groups excluding carboxylic acids is 1. The Balaban J connectivity index is 1.44. The average Bonchev–Trinajstić information content (AvgIpc) is 3.38. The van der Waals surface area contributed by atoms with Crippen molar-refractivity contribution in [3.8, 4) is 23.0 Å². The highest BCUT2D eigenvalue weighted by molar-refractivity contribution is 6.32. The molecule has 1 fully saturated rings. The number of amides is 1. The number of rotatable bonds is 9. The number of methoxy groups -OCH3 is 2. The van der Waals surface area contributed by atoms with E-state index >= 15 is 0 Å². The molecule has 1 aliphatic rings. The van der Waals surface area contributed by atoms with Gasteiger partial charge in [0.25, 0.3) is 5.91 Å². The smallest absolute Gasteiger partial charge is 0.284 e. The Morgan fingerprint density at radius 1 is 1.07 bits per heavy atom. The summed E-state index contributed by atoms with van der Waals surface area (Å²) in [7, 11) is 4.81. The first-order valence-electron chi connectivity index (χ1n) is 13.1. The molecule has 1 atom stereocenters. The quantitative estimate of drug-likeness (QED) is 0.203. The van der Waals surface area contributed by atoms with E-state index in [2.05, 4.69) is 20.6 Å². The van der Waals surface area contributed by atoms with Crippen LogP contribution in [0.1, 0.15) is 12.8 Å². The summed E-state index contributed by atoms with van der Waals surface area (Å²) in [4.78, 5) is 23.4. The number of benzene rings is 3. The fourth-order valence-corrected chi connectivity index (χ4v) is 4.89. The van der Waals surface area contributed by atoms with Crippen LogP contribution in [0.4, 0.5) is 26.0 Å². The SMILES string of the molecule is COc1cc2ncnc(Nc3cc(Cl)c(Oc4cccc(F)c4)cc3OC)c2cc1NC(=O)/C(F)=C\[C@H]1CCCN1C. The third-order valence-electron chi connectivity index (χ3n) is 6.87. The van der Waals surface area contributed by atoms with Gasteiger partial charge in [-0.25, -0.2) is 18.7 Å². The molecule has 0 saturated carbocycles. The van der Waals surface area contributed by atoms with Crippen LogP contribution in [0, 0.1) is 5.82 Å². The maximum absolute atomic E-state index is 14.8. The number of ether oxygens (including phenoxy) is 3. The first-order chi connectivity index (χ1) is 20.2. The number of carbonyl (C=O) groups is 1. The molecule has 0 unspecified atom stereocenters. The molecule has 0 aliphatic carbocycles. The number of halogens is 3. The zero-order chi connectivity index (χ0) is 29.8. The average molecular weight is 596 g/mol. The van der Waals surface area contributed by atoms with Crippen molar-refractivity contribution in [2.24, 2.45) is 0 Å². The number of fused-ring (bicyclic) bond motifs is 1. The molecule has 1 saturated heterocycles. The standard InChI is InChI=1S/C30H28ClF2N5O4/c1-38-9-5-7-18(38)11-22(33)30(39)37-24-12-20-23(14-27(24)40-2)34-16-35-29(20)36-25-13-21(31)26(15-28(25)41-3)42-19-8-4-6-17(32)10-19/h4,6,8,10-16,18H,5,7,9H2,1-3H3,(H,37,39)(H,34,35,36)/b22-11+/t18-/m1/s1. The van der Waals surface area contributed by atoms with E-state index in [0.717, 1.165) is 19.4 Å². The Morgan fingerprint density at radius 2 is 1.86 bits per heavy atom. The second-order valence-electron chi connectivity index (χ2n) is 9.62. The fraction of sp³-hybridized carbons (Fsp3) is 0.233. The predicted octanol–water partition coefficient (Wildman–Crippen LogP) is 6.86. The van der Waals surface area contributed by atoms with Crippen molar-refractivity contribution in [3.05, 3.63) is 77.6 Å². The number of hydrogen-bond acceptors (Lipinski definition) is 8. The molecular formula is C30H28ClF2N5O4. The molecule has 4 aromatic rings. The molecule has 3 aromatic carbocycles. The van der Waals surface area contributed by atoms with E-state index in [1.807, 2.05) is 11.9 Å². The molecule has 9 nitrogen and oxygen atoms in total. The van der Waals surface area contributed by atoms with Gasteiger partial charge in [0, 0.05) is 29.6 Å². The van der Waals surface area contributed by atoms with E-state index in [1.54, 1.807) is 30.3 Å². The van der Waals surface area contributed by atoms with Crippen molar-refractivity contribution in [1.29, 1.82) is 0 Å².